The molecule has 0 unspecified atom stereocenters. The van der Waals surface area contributed by atoms with Crippen molar-refractivity contribution in [2.24, 2.45) is 5.10 Å². The Kier molecular flexibility index (Phi) is 5.68. The molecule has 0 fully saturated rings. The molecule has 136 valence electrons. The largest absolute Gasteiger partial charge is 0.482 e. The predicted molar refractivity (Wildman–Crippen MR) is 99.3 cm³/mol. The molecule has 0 spiro atoms. The minimum atomic E-state index is -0.423. The van der Waals surface area contributed by atoms with Crippen molar-refractivity contribution < 1.29 is 19.1 Å². The van der Waals surface area contributed by atoms with Gasteiger partial charge in [0, 0.05) is 18.9 Å². The number of esters is 1. The van der Waals surface area contributed by atoms with Gasteiger partial charge in [-0.1, -0.05) is 24.3 Å². The molecule has 1 aliphatic rings. The van der Waals surface area contributed by atoms with Crippen LogP contribution in [0, 0.1) is 0 Å². The first-order valence-corrected chi connectivity index (χ1v) is 9.26. The summed E-state index contributed by atoms with van der Waals surface area (Å²) in [6.07, 6.45) is 0.597. The van der Waals surface area contributed by atoms with Crippen LogP contribution in [0.4, 0.5) is 0 Å². The van der Waals surface area contributed by atoms with Crippen LogP contribution < -0.4 is 4.74 Å². The first kappa shape index (κ1) is 18.1. The second-order valence-electron chi connectivity index (χ2n) is 5.74. The van der Waals surface area contributed by atoms with Gasteiger partial charge in [-0.3, -0.25) is 4.79 Å². The molecule has 0 N–H and O–H groups in total. The average Bonchev–Trinajstić information content (AvgIpc) is 3.30. The highest BCUT2D eigenvalue weighted by Gasteiger charge is 2.33. The van der Waals surface area contributed by atoms with Crippen LogP contribution in [0.15, 0.2) is 46.9 Å². The Bertz CT molecular complexity index is 817. The maximum Gasteiger partial charge on any atom is 0.344 e. The fourth-order valence-corrected chi connectivity index (χ4v) is 3.58. The average molecular weight is 372 g/mol. The molecular formula is C19H20N2O4S. The van der Waals surface area contributed by atoms with E-state index < -0.39 is 5.97 Å². The van der Waals surface area contributed by atoms with Crippen LogP contribution in [0.3, 0.4) is 0 Å². The van der Waals surface area contributed by atoms with Crippen molar-refractivity contribution in [3.63, 3.8) is 0 Å². The van der Waals surface area contributed by atoms with Crippen LogP contribution in [0.25, 0.3) is 0 Å². The van der Waals surface area contributed by atoms with Gasteiger partial charge in [0.1, 0.15) is 5.75 Å². The SMILES string of the molecule is CCOC(=O)COc1ccccc1[C@H]1CC(c2cccs2)=NN1C(C)=O. The van der Waals surface area contributed by atoms with Crippen molar-refractivity contribution in [2.45, 2.75) is 26.3 Å². The number of rotatable bonds is 6. The van der Waals surface area contributed by atoms with Crippen LogP contribution >= 0.6 is 11.3 Å². The van der Waals surface area contributed by atoms with E-state index in [-0.39, 0.29) is 18.6 Å². The quantitative estimate of drug-likeness (QED) is 0.729. The van der Waals surface area contributed by atoms with Gasteiger partial charge in [-0.2, -0.15) is 5.10 Å². The third-order valence-corrected chi connectivity index (χ3v) is 4.89. The number of hydrogen-bond acceptors (Lipinski definition) is 6. The molecule has 0 aliphatic carbocycles. The minimum absolute atomic E-state index is 0.137. The summed E-state index contributed by atoms with van der Waals surface area (Å²) in [4.78, 5) is 24.8. The first-order valence-electron chi connectivity index (χ1n) is 8.38. The molecule has 1 aromatic heterocycles. The van der Waals surface area contributed by atoms with E-state index in [9.17, 15) is 9.59 Å². The normalized spacial score (nSPS) is 16.3. The third kappa shape index (κ3) is 3.94. The van der Waals surface area contributed by atoms with Gasteiger partial charge >= 0.3 is 5.97 Å². The van der Waals surface area contributed by atoms with Crippen molar-refractivity contribution in [2.75, 3.05) is 13.2 Å². The van der Waals surface area contributed by atoms with E-state index in [1.807, 2.05) is 35.7 Å². The van der Waals surface area contributed by atoms with Crippen LogP contribution in [0.1, 0.15) is 36.8 Å². The van der Waals surface area contributed by atoms with E-state index in [1.54, 1.807) is 24.3 Å². The molecule has 1 aliphatic heterocycles. The molecule has 26 heavy (non-hydrogen) atoms. The zero-order valence-corrected chi connectivity index (χ0v) is 15.5. The number of carbonyl (C=O) groups is 2. The summed E-state index contributed by atoms with van der Waals surface area (Å²) in [5.41, 5.74) is 1.70. The predicted octanol–water partition coefficient (Wildman–Crippen LogP) is 3.39. The summed E-state index contributed by atoms with van der Waals surface area (Å²) in [5, 5.41) is 7.99. The highest BCUT2D eigenvalue weighted by Crippen LogP contribution is 2.38. The van der Waals surface area contributed by atoms with Gasteiger partial charge in [-0.15, -0.1) is 11.3 Å². The van der Waals surface area contributed by atoms with E-state index >= 15 is 0 Å². The molecule has 6 nitrogen and oxygen atoms in total. The van der Waals surface area contributed by atoms with Crippen molar-refractivity contribution in [3.05, 3.63) is 52.2 Å². The third-order valence-electron chi connectivity index (χ3n) is 3.97. The minimum Gasteiger partial charge on any atom is -0.482 e. The Morgan fingerprint density at radius 1 is 1.27 bits per heavy atom. The van der Waals surface area contributed by atoms with Crippen LogP contribution in [-0.2, 0) is 14.3 Å². The number of para-hydroxylation sites is 1. The monoisotopic (exact) mass is 372 g/mol. The molecule has 1 aromatic carbocycles. The zero-order chi connectivity index (χ0) is 18.5. The van der Waals surface area contributed by atoms with Crippen LogP contribution in [-0.4, -0.2) is 35.8 Å². The lowest BCUT2D eigenvalue weighted by atomic mass is 10.00. The van der Waals surface area contributed by atoms with E-state index in [1.165, 1.54) is 11.9 Å². The molecule has 1 amide bonds. The lowest BCUT2D eigenvalue weighted by Crippen LogP contribution is -2.25. The molecule has 3 rings (SSSR count). The fraction of sp³-hybridized carbons (Fsp3) is 0.316. The lowest BCUT2D eigenvalue weighted by molar-refractivity contribution is -0.145. The molecule has 1 atom stereocenters. The Hall–Kier alpha value is -2.67. The highest BCUT2D eigenvalue weighted by atomic mass is 32.1. The molecule has 0 saturated carbocycles. The summed E-state index contributed by atoms with van der Waals surface area (Å²) in [6, 6.07) is 11.1. The Balaban J connectivity index is 1.84. The van der Waals surface area contributed by atoms with Gasteiger partial charge in [0.05, 0.1) is 23.2 Å². The molecule has 2 aromatic rings. The van der Waals surface area contributed by atoms with E-state index in [4.69, 9.17) is 9.47 Å². The molecule has 0 saturated heterocycles. The van der Waals surface area contributed by atoms with E-state index in [0.717, 1.165) is 16.2 Å². The van der Waals surface area contributed by atoms with E-state index in [2.05, 4.69) is 5.10 Å². The van der Waals surface area contributed by atoms with Crippen LogP contribution in [0.2, 0.25) is 0 Å². The molecule has 0 radical (unpaired) electrons. The number of nitrogens with zero attached hydrogens (tertiary/aromatic N) is 2. The number of hydrogen-bond donors (Lipinski definition) is 0. The first-order chi connectivity index (χ1) is 12.6. The molecule has 0 bridgehead atoms. The maximum atomic E-state index is 12.1. The van der Waals surface area contributed by atoms with Gasteiger partial charge in [0.15, 0.2) is 6.61 Å². The zero-order valence-electron chi connectivity index (χ0n) is 14.7. The van der Waals surface area contributed by atoms with Crippen LogP contribution in [0.5, 0.6) is 5.75 Å². The number of carbonyl (C=O) groups excluding carboxylic acids is 2. The summed E-state index contributed by atoms with van der Waals surface area (Å²) in [7, 11) is 0. The number of benzene rings is 1. The maximum absolute atomic E-state index is 12.1. The molecule has 2 heterocycles. The molecular weight excluding hydrogens is 352 g/mol. The van der Waals surface area contributed by atoms with Gasteiger partial charge < -0.3 is 9.47 Å². The Morgan fingerprint density at radius 3 is 2.77 bits per heavy atom. The number of ether oxygens (including phenoxy) is 2. The van der Waals surface area contributed by atoms with Gasteiger partial charge in [0.25, 0.3) is 0 Å². The molecule has 7 heteroatoms. The topological polar surface area (TPSA) is 68.2 Å². The number of thiophene rings is 1. The fourth-order valence-electron chi connectivity index (χ4n) is 2.86. The van der Waals surface area contributed by atoms with Crippen molar-refractivity contribution in [1.82, 2.24) is 5.01 Å². The van der Waals surface area contributed by atoms with Gasteiger partial charge in [0.2, 0.25) is 5.91 Å². The number of amides is 1. The van der Waals surface area contributed by atoms with Gasteiger partial charge in [-0.05, 0) is 24.4 Å². The van der Waals surface area contributed by atoms with Gasteiger partial charge in [-0.25, -0.2) is 9.80 Å². The van der Waals surface area contributed by atoms with Crippen molar-refractivity contribution >= 4 is 28.9 Å². The smallest absolute Gasteiger partial charge is 0.344 e. The van der Waals surface area contributed by atoms with Crippen molar-refractivity contribution in [3.8, 4) is 5.75 Å². The highest BCUT2D eigenvalue weighted by molar-refractivity contribution is 7.12. The van der Waals surface area contributed by atoms with Crippen molar-refractivity contribution in [1.29, 1.82) is 0 Å². The lowest BCUT2D eigenvalue weighted by Gasteiger charge is -2.22. The Morgan fingerprint density at radius 2 is 2.08 bits per heavy atom. The second-order valence-corrected chi connectivity index (χ2v) is 6.69. The summed E-state index contributed by atoms with van der Waals surface area (Å²) >= 11 is 1.59. The summed E-state index contributed by atoms with van der Waals surface area (Å²) < 4.78 is 10.6. The summed E-state index contributed by atoms with van der Waals surface area (Å²) in [6.45, 7) is 3.38. The summed E-state index contributed by atoms with van der Waals surface area (Å²) in [5.74, 6) is -0.00569. The second kappa shape index (κ2) is 8.14. The standard InChI is InChI=1S/C19H20N2O4S/c1-3-24-19(23)12-25-17-8-5-4-7-14(17)16-11-15(18-9-6-10-26-18)20-21(16)13(2)22/h4-10,16H,3,11-12H2,1-2H3/t16-/m1/s1. The van der Waals surface area contributed by atoms with E-state index in [0.29, 0.717) is 18.8 Å². The number of hydrazone groups is 1. The Labute approximate surface area is 156 Å².